The number of para-hydroxylation sites is 1. The van der Waals surface area contributed by atoms with Crippen molar-refractivity contribution in [3.8, 4) is 0 Å². The van der Waals surface area contributed by atoms with Crippen LogP contribution in [0.25, 0.3) is 0 Å². The van der Waals surface area contributed by atoms with Crippen LogP contribution in [-0.2, 0) is 0 Å². The van der Waals surface area contributed by atoms with Gasteiger partial charge >= 0.3 is 0 Å². The summed E-state index contributed by atoms with van der Waals surface area (Å²) in [5, 5.41) is 0. The summed E-state index contributed by atoms with van der Waals surface area (Å²) in [6, 6.07) is 6.95. The molecule has 3 heteroatoms. The molecule has 108 valence electrons. The van der Waals surface area contributed by atoms with E-state index in [-0.39, 0.29) is 5.82 Å². The molecule has 1 rings (SSSR count). The standard InChI is InChI=1S/C16H27FN2/c1-3-7-14(11-12-18)8-6-13-19(2)16-10-5-4-9-15(16)17/h4-5,9-10,14H,3,6-8,11-13,18H2,1-2H3. The molecule has 19 heavy (non-hydrogen) atoms. The molecule has 0 aromatic heterocycles. The summed E-state index contributed by atoms with van der Waals surface area (Å²) in [4.78, 5) is 2.00. The number of hydrogen-bond donors (Lipinski definition) is 1. The molecule has 1 atom stereocenters. The molecule has 1 aromatic carbocycles. The van der Waals surface area contributed by atoms with Crippen LogP contribution >= 0.6 is 0 Å². The van der Waals surface area contributed by atoms with Gasteiger partial charge in [-0.15, -0.1) is 0 Å². The van der Waals surface area contributed by atoms with Gasteiger partial charge in [0.1, 0.15) is 5.82 Å². The van der Waals surface area contributed by atoms with E-state index in [1.807, 2.05) is 24.1 Å². The highest BCUT2D eigenvalue weighted by atomic mass is 19.1. The van der Waals surface area contributed by atoms with Gasteiger partial charge in [-0.2, -0.15) is 0 Å². The summed E-state index contributed by atoms with van der Waals surface area (Å²) in [6.07, 6.45) is 5.85. The molecule has 0 aliphatic rings. The topological polar surface area (TPSA) is 29.3 Å². The Hall–Kier alpha value is -1.09. The molecular weight excluding hydrogens is 239 g/mol. The van der Waals surface area contributed by atoms with Crippen molar-refractivity contribution < 1.29 is 4.39 Å². The molecule has 0 saturated heterocycles. The van der Waals surface area contributed by atoms with E-state index in [1.54, 1.807) is 6.07 Å². The van der Waals surface area contributed by atoms with Gasteiger partial charge in [0, 0.05) is 13.6 Å². The summed E-state index contributed by atoms with van der Waals surface area (Å²) in [5.74, 6) is 0.584. The summed E-state index contributed by atoms with van der Waals surface area (Å²) < 4.78 is 13.6. The molecule has 0 saturated carbocycles. The lowest BCUT2D eigenvalue weighted by atomic mass is 9.94. The lowest BCUT2D eigenvalue weighted by Gasteiger charge is -2.21. The Morgan fingerprint density at radius 1 is 1.21 bits per heavy atom. The molecule has 0 spiro atoms. The highest BCUT2D eigenvalue weighted by Crippen LogP contribution is 2.20. The molecule has 1 aromatic rings. The predicted octanol–water partition coefficient (Wildman–Crippen LogP) is 3.81. The molecule has 0 fully saturated rings. The minimum Gasteiger partial charge on any atom is -0.372 e. The van der Waals surface area contributed by atoms with Crippen LogP contribution in [0.3, 0.4) is 0 Å². The summed E-state index contributed by atoms with van der Waals surface area (Å²) in [6.45, 7) is 3.88. The quantitative estimate of drug-likeness (QED) is 0.736. The fourth-order valence-electron chi connectivity index (χ4n) is 2.58. The highest BCUT2D eigenvalue weighted by molar-refractivity contribution is 5.46. The number of rotatable bonds is 9. The second-order valence-electron chi connectivity index (χ2n) is 5.25. The third-order valence-electron chi connectivity index (χ3n) is 3.64. The van der Waals surface area contributed by atoms with Crippen LogP contribution in [0.4, 0.5) is 10.1 Å². The first kappa shape index (κ1) is 16.0. The lowest BCUT2D eigenvalue weighted by Crippen LogP contribution is -2.20. The van der Waals surface area contributed by atoms with Crippen molar-refractivity contribution in [1.82, 2.24) is 0 Å². The van der Waals surface area contributed by atoms with Gasteiger partial charge < -0.3 is 10.6 Å². The van der Waals surface area contributed by atoms with E-state index in [2.05, 4.69) is 6.92 Å². The third-order valence-corrected chi connectivity index (χ3v) is 3.64. The van der Waals surface area contributed by atoms with Crippen LogP contribution in [0.2, 0.25) is 0 Å². The molecule has 1 unspecified atom stereocenters. The zero-order valence-corrected chi connectivity index (χ0v) is 12.2. The van der Waals surface area contributed by atoms with E-state index in [1.165, 1.54) is 25.3 Å². The van der Waals surface area contributed by atoms with Crippen molar-refractivity contribution in [2.24, 2.45) is 11.7 Å². The maximum Gasteiger partial charge on any atom is 0.146 e. The largest absolute Gasteiger partial charge is 0.372 e. The van der Waals surface area contributed by atoms with E-state index in [0.717, 1.165) is 31.8 Å². The van der Waals surface area contributed by atoms with Crippen molar-refractivity contribution in [2.45, 2.75) is 39.0 Å². The van der Waals surface area contributed by atoms with E-state index < -0.39 is 0 Å². The molecule has 2 nitrogen and oxygen atoms in total. The molecule has 0 amide bonds. The SMILES string of the molecule is CCCC(CCN)CCCN(C)c1ccccc1F. The second-order valence-corrected chi connectivity index (χ2v) is 5.25. The van der Waals surface area contributed by atoms with Crippen molar-refractivity contribution in [1.29, 1.82) is 0 Å². The van der Waals surface area contributed by atoms with Gasteiger partial charge in [0.2, 0.25) is 0 Å². The fourth-order valence-corrected chi connectivity index (χ4v) is 2.58. The number of hydrogen-bond acceptors (Lipinski definition) is 2. The van der Waals surface area contributed by atoms with E-state index in [4.69, 9.17) is 5.73 Å². The number of anilines is 1. The Bertz CT molecular complexity index is 348. The van der Waals surface area contributed by atoms with Crippen molar-refractivity contribution in [3.05, 3.63) is 30.1 Å². The maximum absolute atomic E-state index is 13.6. The average molecular weight is 266 g/mol. The minimum atomic E-state index is -0.142. The van der Waals surface area contributed by atoms with Crippen LogP contribution in [0.15, 0.2) is 24.3 Å². The molecular formula is C16H27FN2. The smallest absolute Gasteiger partial charge is 0.146 e. The lowest BCUT2D eigenvalue weighted by molar-refractivity contribution is 0.410. The molecule has 0 aliphatic carbocycles. The Morgan fingerprint density at radius 3 is 2.58 bits per heavy atom. The Labute approximate surface area is 116 Å². The van der Waals surface area contributed by atoms with Crippen LogP contribution in [-0.4, -0.2) is 20.1 Å². The van der Waals surface area contributed by atoms with Crippen LogP contribution in [0.5, 0.6) is 0 Å². The first-order valence-electron chi connectivity index (χ1n) is 7.34. The van der Waals surface area contributed by atoms with Crippen molar-refractivity contribution in [3.63, 3.8) is 0 Å². The van der Waals surface area contributed by atoms with Gasteiger partial charge in [-0.25, -0.2) is 4.39 Å². The normalized spacial score (nSPS) is 12.4. The van der Waals surface area contributed by atoms with Gasteiger partial charge in [0.15, 0.2) is 0 Å². The van der Waals surface area contributed by atoms with Gasteiger partial charge in [-0.3, -0.25) is 0 Å². The van der Waals surface area contributed by atoms with E-state index in [9.17, 15) is 4.39 Å². The van der Waals surface area contributed by atoms with E-state index in [0.29, 0.717) is 5.69 Å². The molecule has 2 N–H and O–H groups in total. The predicted molar refractivity (Wildman–Crippen MR) is 81.0 cm³/mol. The number of halogens is 1. The van der Waals surface area contributed by atoms with Crippen LogP contribution in [0.1, 0.15) is 39.0 Å². The minimum absolute atomic E-state index is 0.142. The van der Waals surface area contributed by atoms with Crippen LogP contribution < -0.4 is 10.6 Å². The van der Waals surface area contributed by atoms with Gasteiger partial charge in [0.05, 0.1) is 5.69 Å². The highest BCUT2D eigenvalue weighted by Gasteiger charge is 2.09. The second kappa shape index (κ2) is 8.92. The van der Waals surface area contributed by atoms with Crippen LogP contribution in [0, 0.1) is 11.7 Å². The Kier molecular flexibility index (Phi) is 7.49. The number of benzene rings is 1. The average Bonchev–Trinajstić information content (AvgIpc) is 2.39. The Balaban J connectivity index is 2.37. The monoisotopic (exact) mass is 266 g/mol. The summed E-state index contributed by atoms with van der Waals surface area (Å²) in [7, 11) is 1.95. The van der Waals surface area contributed by atoms with Crippen molar-refractivity contribution >= 4 is 5.69 Å². The molecule has 0 heterocycles. The number of nitrogens with zero attached hydrogens (tertiary/aromatic N) is 1. The fraction of sp³-hybridized carbons (Fsp3) is 0.625. The zero-order chi connectivity index (χ0) is 14.1. The van der Waals surface area contributed by atoms with E-state index >= 15 is 0 Å². The summed E-state index contributed by atoms with van der Waals surface area (Å²) in [5.41, 5.74) is 6.33. The zero-order valence-electron chi connectivity index (χ0n) is 12.2. The van der Waals surface area contributed by atoms with Crippen molar-refractivity contribution in [2.75, 3.05) is 25.0 Å². The first-order valence-corrected chi connectivity index (χ1v) is 7.34. The molecule has 0 bridgehead atoms. The third kappa shape index (κ3) is 5.60. The Morgan fingerprint density at radius 2 is 1.95 bits per heavy atom. The van der Waals surface area contributed by atoms with Gasteiger partial charge in [-0.1, -0.05) is 31.9 Å². The first-order chi connectivity index (χ1) is 9.19. The van der Waals surface area contributed by atoms with Gasteiger partial charge in [-0.05, 0) is 43.9 Å². The summed E-state index contributed by atoms with van der Waals surface area (Å²) >= 11 is 0. The number of nitrogens with two attached hydrogens (primary N) is 1. The maximum atomic E-state index is 13.6. The molecule has 0 aliphatic heterocycles. The van der Waals surface area contributed by atoms with Gasteiger partial charge in [0.25, 0.3) is 0 Å². The molecule has 0 radical (unpaired) electrons.